The lowest BCUT2D eigenvalue weighted by Crippen LogP contribution is -2.80. The molecule has 0 unspecified atom stereocenters. The maximum absolute atomic E-state index is 13.9. The Labute approximate surface area is 277 Å². The van der Waals surface area contributed by atoms with Crippen molar-refractivity contribution < 1.29 is 154 Å². The minimum atomic E-state index is -10.3. The van der Waals surface area contributed by atoms with Gasteiger partial charge in [-0.1, -0.05) is 13.1 Å². The maximum atomic E-state index is 13.9. The van der Waals surface area contributed by atoms with Gasteiger partial charge in [0.2, 0.25) is 0 Å². The van der Waals surface area contributed by atoms with Crippen molar-refractivity contribution in [2.45, 2.75) is 114 Å². The van der Waals surface area contributed by atoms with Crippen molar-refractivity contribution >= 4 is 8.80 Å². The van der Waals surface area contributed by atoms with Crippen LogP contribution >= 0.6 is 0 Å². The Morgan fingerprint density at radius 3 is 0.400 bits per heavy atom. The molecular weight excluding hydrogens is 921 g/mol. The van der Waals surface area contributed by atoms with Gasteiger partial charge >= 0.3 is 95.0 Å². The van der Waals surface area contributed by atoms with Crippen molar-refractivity contribution in [1.29, 1.82) is 0 Å². The zero-order valence-electron chi connectivity index (χ0n) is 24.3. The zero-order valence-corrected chi connectivity index (χ0v) is 25.5. The van der Waals surface area contributed by atoms with Gasteiger partial charge in [0, 0.05) is 0 Å². The summed E-state index contributed by atoms with van der Waals surface area (Å²) < 4.78 is 473. The van der Waals surface area contributed by atoms with Crippen LogP contribution in [0.15, 0.2) is 0 Å². The molecule has 0 saturated carbocycles. The number of rotatable bonds is 16. The first-order chi connectivity index (χ1) is 22.9. The fraction of sp³-hybridized carbons (Fsp3) is 1.00. The summed E-state index contributed by atoms with van der Waals surface area (Å²) in [5, 5.41) is 0. The van der Waals surface area contributed by atoms with Crippen LogP contribution in [0.3, 0.4) is 0 Å². The van der Waals surface area contributed by atoms with Gasteiger partial charge in [-0.05, 0) is 0 Å². The van der Waals surface area contributed by atoms with Crippen molar-refractivity contribution in [3.8, 4) is 0 Å². The molecular formula is C19H7F35Si. The molecule has 0 aromatic heterocycles. The maximum Gasteiger partial charge on any atom is 0.460 e. The van der Waals surface area contributed by atoms with Gasteiger partial charge in [0.25, 0.3) is 5.55 Å². The van der Waals surface area contributed by atoms with Crippen LogP contribution in [-0.4, -0.2) is 109 Å². The normalized spacial score (nSPS) is 17.3. The molecule has 0 aromatic carbocycles. The van der Waals surface area contributed by atoms with E-state index in [0.29, 0.717) is 0 Å². The number of alkyl halides is 35. The van der Waals surface area contributed by atoms with Crippen LogP contribution in [0.4, 0.5) is 154 Å². The van der Waals surface area contributed by atoms with E-state index in [0.717, 1.165) is 0 Å². The molecule has 0 spiro atoms. The third-order valence-corrected chi connectivity index (χ3v) is 8.83. The lowest BCUT2D eigenvalue weighted by atomic mass is 9.82. The Kier molecular flexibility index (Phi) is 12.1. The average molecular weight is 928 g/mol. The van der Waals surface area contributed by atoms with E-state index in [1.165, 1.54) is 0 Å². The fourth-order valence-electron chi connectivity index (χ4n) is 3.31. The van der Waals surface area contributed by atoms with E-state index in [1.807, 2.05) is 0 Å². The summed E-state index contributed by atoms with van der Waals surface area (Å²) in [4.78, 5) is 0. The van der Waals surface area contributed by atoms with E-state index in [-0.39, 0.29) is 13.1 Å². The summed E-state index contributed by atoms with van der Waals surface area (Å²) in [5.74, 6) is -146. The molecule has 0 nitrogen and oxygen atoms in total. The largest absolute Gasteiger partial charge is 0.460 e. The first-order valence-corrected chi connectivity index (χ1v) is 14.9. The highest BCUT2D eigenvalue weighted by Crippen LogP contribution is 2.70. The van der Waals surface area contributed by atoms with Gasteiger partial charge < -0.3 is 0 Å². The third kappa shape index (κ3) is 5.87. The van der Waals surface area contributed by atoms with Crippen LogP contribution in [0.25, 0.3) is 0 Å². The third-order valence-electron chi connectivity index (χ3n) is 7.02. The summed E-state index contributed by atoms with van der Waals surface area (Å²) in [5.41, 5.74) is -6.80. The quantitative estimate of drug-likeness (QED) is 0.107. The van der Waals surface area contributed by atoms with Crippen molar-refractivity contribution in [2.24, 2.45) is 0 Å². The van der Waals surface area contributed by atoms with E-state index < -0.39 is 109 Å². The Bertz CT molecular complexity index is 1390. The molecule has 0 bridgehead atoms. The van der Waals surface area contributed by atoms with Gasteiger partial charge in [-0.3, -0.25) is 0 Å². The molecule has 0 amide bonds. The minimum absolute atomic E-state index is 0.272. The molecule has 0 aliphatic carbocycles. The number of hydrogen-bond acceptors (Lipinski definition) is 0. The topological polar surface area (TPSA) is 0 Å². The van der Waals surface area contributed by atoms with Crippen molar-refractivity contribution in [1.82, 2.24) is 0 Å². The molecule has 0 aromatic rings. The molecule has 0 radical (unpaired) electrons. The lowest BCUT2D eigenvalue weighted by Gasteiger charge is -2.47. The Morgan fingerprint density at radius 1 is 0.182 bits per heavy atom. The summed E-state index contributed by atoms with van der Waals surface area (Å²) in [6.07, 6.45) is -8.42. The number of halogens is 35. The second kappa shape index (κ2) is 12.6. The molecule has 0 aliphatic rings. The molecule has 36 heteroatoms. The Hall–Kier alpha value is -2.23. The first-order valence-electron chi connectivity index (χ1n) is 12.1. The minimum Gasteiger partial charge on any atom is -0.205 e. The van der Waals surface area contributed by atoms with Crippen LogP contribution in [0.2, 0.25) is 13.1 Å². The van der Waals surface area contributed by atoms with Crippen molar-refractivity contribution in [2.75, 3.05) is 0 Å². The van der Waals surface area contributed by atoms with Crippen LogP contribution < -0.4 is 0 Å². The molecule has 0 atom stereocenters. The second-order valence-corrected chi connectivity index (χ2v) is 13.9. The van der Waals surface area contributed by atoms with Crippen LogP contribution in [0.5, 0.6) is 0 Å². The molecule has 0 N–H and O–H groups in total. The molecule has 0 fully saturated rings. The Morgan fingerprint density at radius 2 is 0.291 bits per heavy atom. The van der Waals surface area contributed by atoms with E-state index in [9.17, 15) is 154 Å². The summed E-state index contributed by atoms with van der Waals surface area (Å²) >= 11 is 0. The standard InChI is InChI=1S/C19H7F35Si/c1-55(2)19(53,54)17(48,49)15(44,45)13(40,41)11(36,37)9(32,33)7(28,29)5(24,25)3(20,21)4(22,23)6(26,27)8(30,31)10(34,35)12(38,39)14(42,43)16(46,47)18(50,51)52/h55H,1-2H3. The summed E-state index contributed by atoms with van der Waals surface area (Å²) in [7, 11) is -5.10. The molecule has 0 aliphatic heterocycles. The van der Waals surface area contributed by atoms with Gasteiger partial charge in [-0.15, -0.1) is 0 Å². The van der Waals surface area contributed by atoms with E-state index in [1.54, 1.807) is 0 Å². The SMILES string of the molecule is C[SiH](C)C(F)(F)C(F)(F)C(F)(F)C(F)(F)C(F)(F)C(F)(F)C(F)(F)C(F)(F)C(F)(F)C(F)(F)C(F)(F)C(F)(F)C(F)(F)C(F)(F)C(F)(F)C(F)(F)C(F)(F)F. The summed E-state index contributed by atoms with van der Waals surface area (Å²) in [6.45, 7) is -0.545. The number of hydrogen-bond donors (Lipinski definition) is 0. The van der Waals surface area contributed by atoms with Crippen molar-refractivity contribution in [3.63, 3.8) is 0 Å². The summed E-state index contributed by atoms with van der Waals surface area (Å²) in [6, 6.07) is 0. The monoisotopic (exact) mass is 928 g/mol. The molecule has 332 valence electrons. The van der Waals surface area contributed by atoms with Crippen LogP contribution in [-0.2, 0) is 0 Å². The Balaban J connectivity index is 7.82. The lowest BCUT2D eigenvalue weighted by molar-refractivity contribution is -0.492. The smallest absolute Gasteiger partial charge is 0.205 e. The van der Waals surface area contributed by atoms with Gasteiger partial charge in [0.05, 0.1) is 0 Å². The van der Waals surface area contributed by atoms with E-state index >= 15 is 0 Å². The molecule has 0 saturated heterocycles. The van der Waals surface area contributed by atoms with Crippen LogP contribution in [0, 0.1) is 0 Å². The first kappa shape index (κ1) is 52.8. The van der Waals surface area contributed by atoms with Gasteiger partial charge in [0.15, 0.2) is 0 Å². The highest BCUT2D eigenvalue weighted by molar-refractivity contribution is 6.58. The zero-order chi connectivity index (χ0) is 46.1. The van der Waals surface area contributed by atoms with Gasteiger partial charge in [0.1, 0.15) is 8.80 Å². The molecule has 0 rings (SSSR count). The van der Waals surface area contributed by atoms with E-state index in [4.69, 9.17) is 0 Å². The van der Waals surface area contributed by atoms with E-state index in [2.05, 4.69) is 0 Å². The fourth-order valence-corrected chi connectivity index (χ4v) is 4.22. The molecule has 0 heterocycles. The van der Waals surface area contributed by atoms with Gasteiger partial charge in [-0.2, -0.15) is 145 Å². The average Bonchev–Trinajstić information content (AvgIpc) is 2.94. The predicted octanol–water partition coefficient (Wildman–Crippen LogP) is 11.7. The second-order valence-electron chi connectivity index (χ2n) is 10.9. The molecule has 55 heavy (non-hydrogen) atoms. The highest BCUT2D eigenvalue weighted by atomic mass is 28.3. The van der Waals surface area contributed by atoms with Crippen LogP contribution in [0.1, 0.15) is 0 Å². The highest BCUT2D eigenvalue weighted by Gasteiger charge is 3.02. The predicted molar refractivity (Wildman–Crippen MR) is 104 cm³/mol. The van der Waals surface area contributed by atoms with Crippen molar-refractivity contribution in [3.05, 3.63) is 0 Å². The van der Waals surface area contributed by atoms with Gasteiger partial charge in [-0.25, -0.2) is 8.78 Å².